The number of halogens is 6. The molecule has 2 aromatic carbocycles. The first-order valence-electron chi connectivity index (χ1n) is 13.4. The largest absolute Gasteiger partial charge is 0.496 e. The van der Waals surface area contributed by atoms with Crippen LogP contribution in [0, 0.1) is 0 Å². The first-order chi connectivity index (χ1) is 18.9. The van der Waals surface area contributed by atoms with Crippen LogP contribution >= 0.6 is 0 Å². The van der Waals surface area contributed by atoms with Gasteiger partial charge in [-0.3, -0.25) is 9.80 Å². The van der Waals surface area contributed by atoms with Gasteiger partial charge in [0.1, 0.15) is 11.4 Å². The summed E-state index contributed by atoms with van der Waals surface area (Å²) in [5.74, 6) is 0.633. The molecule has 2 N–H and O–H groups in total. The van der Waals surface area contributed by atoms with Gasteiger partial charge in [0.05, 0.1) is 24.8 Å². The third-order valence-corrected chi connectivity index (χ3v) is 7.64. The van der Waals surface area contributed by atoms with Crippen LogP contribution in [0.4, 0.5) is 36.8 Å². The second-order valence-electron chi connectivity index (χ2n) is 10.2. The van der Waals surface area contributed by atoms with Gasteiger partial charge in [-0.2, -0.15) is 26.3 Å². The van der Waals surface area contributed by atoms with Crippen molar-refractivity contribution in [3.63, 3.8) is 0 Å². The normalized spacial score (nSPS) is 17.9. The molecule has 2 heterocycles. The smallest absolute Gasteiger partial charge is 0.416 e. The molecule has 0 spiro atoms. The van der Waals surface area contributed by atoms with E-state index in [0.29, 0.717) is 17.9 Å². The number of methoxy groups -OCH3 is 1. The van der Waals surface area contributed by atoms with Gasteiger partial charge in [-0.15, -0.1) is 0 Å². The lowest BCUT2D eigenvalue weighted by Crippen LogP contribution is -2.65. The Hall–Kier alpha value is -2.99. The first kappa shape index (κ1) is 30.0. The number of urea groups is 1. The van der Waals surface area contributed by atoms with Gasteiger partial charge in [-0.25, -0.2) is 4.79 Å². The van der Waals surface area contributed by atoms with E-state index in [9.17, 15) is 31.1 Å². The van der Waals surface area contributed by atoms with Gasteiger partial charge in [0.25, 0.3) is 0 Å². The number of piperidine rings is 2. The summed E-state index contributed by atoms with van der Waals surface area (Å²) in [6, 6.07) is 7.66. The Morgan fingerprint density at radius 3 is 1.77 bits per heavy atom. The van der Waals surface area contributed by atoms with Crippen molar-refractivity contribution in [2.75, 3.05) is 45.2 Å². The molecule has 0 atom stereocenters. The number of hydrogen-bond acceptors (Lipinski definition) is 4. The molecule has 12 heteroatoms. The van der Waals surface area contributed by atoms with Crippen LogP contribution in [0.1, 0.15) is 55.2 Å². The Morgan fingerprint density at radius 2 is 1.30 bits per heavy atom. The molecule has 0 unspecified atom stereocenters. The topological polar surface area (TPSA) is 56.8 Å². The fraction of sp³-hybridized carbons (Fsp3) is 0.536. The van der Waals surface area contributed by atoms with E-state index in [0.717, 1.165) is 70.3 Å². The summed E-state index contributed by atoms with van der Waals surface area (Å²) in [5, 5.41) is 4.99. The molecule has 0 bridgehead atoms. The maximum Gasteiger partial charge on any atom is 0.416 e. The molecule has 2 amide bonds. The van der Waals surface area contributed by atoms with Crippen LogP contribution in [0.2, 0.25) is 0 Å². The highest BCUT2D eigenvalue weighted by Crippen LogP contribution is 2.41. The van der Waals surface area contributed by atoms with Gasteiger partial charge in [0, 0.05) is 37.4 Å². The summed E-state index contributed by atoms with van der Waals surface area (Å²) < 4.78 is 85.7. The van der Waals surface area contributed by atoms with Crippen molar-refractivity contribution in [2.45, 2.75) is 56.5 Å². The molecule has 2 aromatic rings. The number of rotatable bonds is 7. The van der Waals surface area contributed by atoms with Gasteiger partial charge < -0.3 is 15.4 Å². The number of amides is 2. The molecule has 0 aliphatic carbocycles. The molecular formula is C28H34F6N4O2. The van der Waals surface area contributed by atoms with Gasteiger partial charge in [-0.1, -0.05) is 31.0 Å². The zero-order chi connectivity index (χ0) is 29.0. The molecule has 2 saturated heterocycles. The van der Waals surface area contributed by atoms with E-state index in [4.69, 9.17) is 4.74 Å². The number of likely N-dealkylation sites (tertiary alicyclic amines) is 2. The lowest BCUT2D eigenvalue weighted by molar-refractivity contribution is -0.143. The number of carbonyl (C=O) groups is 1. The second kappa shape index (κ2) is 12.3. The molecular weight excluding hydrogens is 538 g/mol. The van der Waals surface area contributed by atoms with Crippen LogP contribution in [-0.4, -0.2) is 55.7 Å². The zero-order valence-electron chi connectivity index (χ0n) is 22.3. The number of nitrogens with one attached hydrogen (secondary N) is 2. The van der Waals surface area contributed by atoms with Gasteiger partial charge in [-0.05, 0) is 49.9 Å². The third kappa shape index (κ3) is 6.65. The van der Waals surface area contributed by atoms with Crippen LogP contribution in [0.15, 0.2) is 42.5 Å². The second-order valence-corrected chi connectivity index (χ2v) is 10.2. The molecule has 2 aliphatic heterocycles. The van der Waals surface area contributed by atoms with Crippen LogP contribution in [0.5, 0.6) is 5.75 Å². The van der Waals surface area contributed by atoms with E-state index in [1.807, 2.05) is 24.3 Å². The van der Waals surface area contributed by atoms with Crippen molar-refractivity contribution in [3.05, 3.63) is 59.2 Å². The molecule has 40 heavy (non-hydrogen) atoms. The maximum absolute atomic E-state index is 13.3. The van der Waals surface area contributed by atoms with Gasteiger partial charge in [0.2, 0.25) is 0 Å². The number of benzene rings is 2. The molecule has 220 valence electrons. The highest BCUT2D eigenvalue weighted by molar-refractivity contribution is 5.89. The standard InChI is InChI=1S/C28H34F6N4O2/c1-40-24-11-5-4-10-23(24)26(37-12-6-2-7-13-37,38-14-8-3-9-15-38)19-35-25(39)36-22-17-20(27(29,30)31)16-21(18-22)28(32,33)34/h4-5,10-11,16-18H,2-3,6-9,12-15,19H2,1H3,(H2,35,36,39). The average molecular weight is 573 g/mol. The van der Waals surface area contributed by atoms with Crippen LogP contribution in [0.3, 0.4) is 0 Å². The van der Waals surface area contributed by atoms with Gasteiger partial charge in [0.15, 0.2) is 0 Å². The lowest BCUT2D eigenvalue weighted by atomic mass is 9.89. The van der Waals surface area contributed by atoms with Crippen LogP contribution < -0.4 is 15.4 Å². The molecule has 2 fully saturated rings. The van der Waals surface area contributed by atoms with Crippen molar-refractivity contribution < 1.29 is 35.9 Å². The molecule has 6 nitrogen and oxygen atoms in total. The predicted octanol–water partition coefficient (Wildman–Crippen LogP) is 6.68. The molecule has 0 radical (unpaired) electrons. The lowest BCUT2D eigenvalue weighted by Gasteiger charge is -2.54. The SMILES string of the molecule is COc1ccccc1C(CNC(=O)Nc1cc(C(F)(F)F)cc(C(F)(F)F)c1)(N1CCCCC1)N1CCCCC1. The first-order valence-corrected chi connectivity index (χ1v) is 13.4. The Bertz CT molecular complexity index is 1110. The summed E-state index contributed by atoms with van der Waals surface area (Å²) in [5.41, 5.74) is -3.57. The fourth-order valence-corrected chi connectivity index (χ4v) is 5.77. The van der Waals surface area contributed by atoms with Crippen molar-refractivity contribution in [3.8, 4) is 5.75 Å². The number of carbonyl (C=O) groups excluding carboxylic acids is 1. The predicted molar refractivity (Wildman–Crippen MR) is 139 cm³/mol. The number of ether oxygens (including phenoxy) is 1. The van der Waals surface area contributed by atoms with Crippen LogP contribution in [-0.2, 0) is 18.0 Å². The zero-order valence-corrected chi connectivity index (χ0v) is 22.3. The number of nitrogens with zero attached hydrogens (tertiary/aromatic N) is 2. The number of anilines is 1. The van der Waals surface area contributed by atoms with Gasteiger partial charge >= 0.3 is 18.4 Å². The van der Waals surface area contributed by atoms with E-state index in [2.05, 4.69) is 20.4 Å². The summed E-state index contributed by atoms with van der Waals surface area (Å²) in [7, 11) is 1.57. The number of hydrogen-bond donors (Lipinski definition) is 2. The van der Waals surface area contributed by atoms with E-state index in [1.165, 1.54) is 0 Å². The Balaban J connectivity index is 1.68. The number of para-hydroxylation sites is 1. The molecule has 0 aromatic heterocycles. The third-order valence-electron chi connectivity index (χ3n) is 7.64. The molecule has 2 aliphatic rings. The minimum Gasteiger partial charge on any atom is -0.496 e. The van der Waals surface area contributed by atoms with E-state index < -0.39 is 40.9 Å². The Morgan fingerprint density at radius 1 is 0.800 bits per heavy atom. The quantitative estimate of drug-likeness (QED) is 0.364. The maximum atomic E-state index is 13.3. The summed E-state index contributed by atoms with van der Waals surface area (Å²) in [6.45, 7) is 3.10. The van der Waals surface area contributed by atoms with Crippen molar-refractivity contribution >= 4 is 11.7 Å². The van der Waals surface area contributed by atoms with E-state index in [1.54, 1.807) is 7.11 Å². The van der Waals surface area contributed by atoms with Crippen LogP contribution in [0.25, 0.3) is 0 Å². The Kier molecular flexibility index (Phi) is 9.19. The highest BCUT2D eigenvalue weighted by atomic mass is 19.4. The van der Waals surface area contributed by atoms with Crippen molar-refractivity contribution in [2.24, 2.45) is 0 Å². The van der Waals surface area contributed by atoms with E-state index >= 15 is 0 Å². The highest BCUT2D eigenvalue weighted by Gasteiger charge is 2.46. The molecule has 0 saturated carbocycles. The minimum absolute atomic E-state index is 0.0303. The fourth-order valence-electron chi connectivity index (χ4n) is 5.77. The minimum atomic E-state index is -5.02. The van der Waals surface area contributed by atoms with Crippen molar-refractivity contribution in [1.82, 2.24) is 15.1 Å². The summed E-state index contributed by atoms with van der Waals surface area (Å²) >= 11 is 0. The summed E-state index contributed by atoms with van der Waals surface area (Å²) in [6.07, 6.45) is -4.05. The number of alkyl halides is 6. The monoisotopic (exact) mass is 572 g/mol. The average Bonchev–Trinajstić information content (AvgIpc) is 2.93. The molecule has 4 rings (SSSR count). The van der Waals surface area contributed by atoms with Crippen molar-refractivity contribution in [1.29, 1.82) is 0 Å². The van der Waals surface area contributed by atoms with E-state index in [-0.39, 0.29) is 12.6 Å². The summed E-state index contributed by atoms with van der Waals surface area (Å²) in [4.78, 5) is 17.7. The Labute approximate surface area is 229 Å².